The molecule has 0 spiro atoms. The van der Waals surface area contributed by atoms with Crippen molar-refractivity contribution in [1.29, 1.82) is 0 Å². The normalized spacial score (nSPS) is 14.4. The van der Waals surface area contributed by atoms with Gasteiger partial charge in [0.2, 0.25) is 0 Å². The average Bonchev–Trinajstić information content (AvgIpc) is 2.21. The number of hydrogen-bond acceptors (Lipinski definition) is 5. The summed E-state index contributed by atoms with van der Waals surface area (Å²) in [5.74, 6) is -1.28. The van der Waals surface area contributed by atoms with Crippen LogP contribution in [-0.2, 0) is 9.59 Å². The molecule has 0 bridgehead atoms. The molecule has 0 radical (unpaired) electrons. The van der Waals surface area contributed by atoms with Gasteiger partial charge in [0, 0.05) is 0 Å². The van der Waals surface area contributed by atoms with Crippen LogP contribution in [-0.4, -0.2) is 74.5 Å². The summed E-state index contributed by atoms with van der Waals surface area (Å²) in [5.41, 5.74) is 5.34. The summed E-state index contributed by atoms with van der Waals surface area (Å²) in [5, 5.41) is 16.8. The number of carbonyl (C=O) groups is 2. The van der Waals surface area contributed by atoms with E-state index in [-0.39, 0.29) is 5.25 Å². The molecule has 0 rings (SSSR count). The molecule has 0 aromatic heterocycles. The van der Waals surface area contributed by atoms with Crippen LogP contribution in [0.25, 0.3) is 0 Å². The molecule has 10 heteroatoms. The van der Waals surface area contributed by atoms with E-state index in [1.807, 2.05) is 0 Å². The Kier molecular flexibility index (Phi) is 10.8. The van der Waals surface area contributed by atoms with Gasteiger partial charge in [0.1, 0.15) is 0 Å². The second-order valence-corrected chi connectivity index (χ2v) is 27.0. The van der Waals surface area contributed by atoms with E-state index in [4.69, 9.17) is 15.9 Å². The molecule has 2 unspecified atom stereocenters. The van der Waals surface area contributed by atoms with Gasteiger partial charge < -0.3 is 0 Å². The Hall–Kier alpha value is 1.16. The third-order valence-electron chi connectivity index (χ3n) is 1.20. The minimum atomic E-state index is -0.963. The number of hydrogen-bond donors (Lipinski definition) is 3. The monoisotopic (exact) mass is 465 g/mol. The summed E-state index contributed by atoms with van der Waals surface area (Å²) in [6.07, 6.45) is 0. The van der Waals surface area contributed by atoms with Crippen LogP contribution in [0.5, 0.6) is 0 Å². The Morgan fingerprint density at radius 2 is 1.94 bits per heavy atom. The van der Waals surface area contributed by atoms with Crippen molar-refractivity contribution < 1.29 is 19.8 Å². The number of carboxylic acids is 2. The molecule has 0 amide bonds. The molecule has 0 saturated carbocycles. The van der Waals surface area contributed by atoms with Crippen molar-refractivity contribution in [2.45, 2.75) is 18.2 Å². The second kappa shape index (κ2) is 10.1. The summed E-state index contributed by atoms with van der Waals surface area (Å²) in [7, 11) is 3.08. The Morgan fingerprint density at radius 3 is 2.44 bits per heavy atom. The van der Waals surface area contributed by atoms with Crippen LogP contribution < -0.4 is 5.73 Å². The van der Waals surface area contributed by atoms with Gasteiger partial charge in [-0.25, -0.2) is 0 Å². The fraction of sp³-hybridized carbons (Fsp3) is 0.667. The van der Waals surface area contributed by atoms with Gasteiger partial charge in [-0.05, 0) is 0 Å². The van der Waals surface area contributed by atoms with Crippen LogP contribution in [0.3, 0.4) is 0 Å². The molecule has 5 nitrogen and oxygen atoms in total. The summed E-state index contributed by atoms with van der Waals surface area (Å²) < 4.78 is 0. The number of carboxylic acid groups (broad SMARTS) is 2. The van der Waals surface area contributed by atoms with E-state index in [2.05, 4.69) is 0 Å². The first-order valence-corrected chi connectivity index (χ1v) is 18.5. The second-order valence-electron chi connectivity index (χ2n) is 2.51. The zero-order valence-corrected chi connectivity index (χ0v) is 15.0. The Labute approximate surface area is 116 Å². The molecule has 0 aliphatic carbocycles. The van der Waals surface area contributed by atoms with Crippen LogP contribution in [0.2, 0.25) is 0 Å². The van der Waals surface area contributed by atoms with Crippen LogP contribution >= 0.6 is 20.4 Å². The van der Waals surface area contributed by atoms with Crippen molar-refractivity contribution in [3.8, 4) is 0 Å². The number of aliphatic carboxylic acids is 2. The molecule has 0 aromatic rings. The first kappa shape index (κ1) is 17.2. The fourth-order valence-corrected chi connectivity index (χ4v) is 38.4. The summed E-state index contributed by atoms with van der Waals surface area (Å²) in [6.45, 7) is 1.69. The first-order valence-electron chi connectivity index (χ1n) is 3.94. The molecule has 0 aromatic carbocycles. The van der Waals surface area contributed by atoms with Gasteiger partial charge >= 0.3 is 117 Å². The van der Waals surface area contributed by atoms with E-state index in [1.54, 1.807) is 17.1 Å². The van der Waals surface area contributed by atoms with E-state index in [0.29, 0.717) is 41.1 Å². The van der Waals surface area contributed by atoms with Crippen molar-refractivity contribution in [3.05, 3.63) is 0 Å². The van der Waals surface area contributed by atoms with Gasteiger partial charge in [0.05, 0.1) is 0 Å². The molecular formula is C6H11NO4S2Se3. The van der Waals surface area contributed by atoms with Crippen LogP contribution in [0.1, 0.15) is 6.92 Å². The van der Waals surface area contributed by atoms with Crippen molar-refractivity contribution in [2.24, 2.45) is 5.73 Å². The fourth-order valence-electron chi connectivity index (χ4n) is 0.319. The quantitative estimate of drug-likeness (QED) is 0.302. The molecule has 16 heavy (non-hydrogen) atoms. The zero-order valence-electron chi connectivity index (χ0n) is 8.19. The third-order valence-corrected chi connectivity index (χ3v) is 35.2. The van der Waals surface area contributed by atoms with Crippen LogP contribution in [0.15, 0.2) is 0 Å². The van der Waals surface area contributed by atoms with E-state index in [1.165, 1.54) is 10.2 Å². The Morgan fingerprint density at radius 1 is 1.31 bits per heavy atom. The zero-order chi connectivity index (χ0) is 12.6. The Balaban J connectivity index is 3.34. The summed E-state index contributed by atoms with van der Waals surface area (Å²) >= 11 is 1.15. The molecule has 94 valence electrons. The maximum atomic E-state index is 10.5. The van der Waals surface area contributed by atoms with Gasteiger partial charge in [-0.1, -0.05) is 0 Å². The summed E-state index contributed by atoms with van der Waals surface area (Å²) in [4.78, 5) is 20.9. The molecule has 0 aliphatic rings. The van der Waals surface area contributed by atoms with Gasteiger partial charge in [-0.15, -0.1) is 0 Å². The number of nitrogens with two attached hydrogens (primary N) is 1. The minimum absolute atomic E-state index is 0.325. The predicted molar refractivity (Wildman–Crippen MR) is 70.0 cm³/mol. The van der Waals surface area contributed by atoms with Crippen molar-refractivity contribution in [2.75, 3.05) is 5.75 Å². The summed E-state index contributed by atoms with van der Waals surface area (Å²) in [6, 6.07) is -0.777. The van der Waals surface area contributed by atoms with Crippen LogP contribution in [0.4, 0.5) is 0 Å². The van der Waals surface area contributed by atoms with Crippen molar-refractivity contribution in [3.63, 3.8) is 0 Å². The standard InChI is InChI=1S/C6H11NO4S2Se3/c1-3(5(8)9)13-15-16-14-12-2-4(7)6(10)11/h3-4H,2,7H2,1H3,(H,8,9)(H,10,11). The van der Waals surface area contributed by atoms with Gasteiger partial charge in [-0.3, -0.25) is 0 Å². The predicted octanol–water partition coefficient (Wildman–Crippen LogP) is -0.890. The van der Waals surface area contributed by atoms with Crippen molar-refractivity contribution >= 4 is 67.6 Å². The molecule has 0 fully saturated rings. The topological polar surface area (TPSA) is 101 Å². The van der Waals surface area contributed by atoms with Crippen LogP contribution in [0, 0.1) is 0 Å². The van der Waals surface area contributed by atoms with Gasteiger partial charge in [0.15, 0.2) is 0 Å². The third kappa shape index (κ3) is 9.22. The molecule has 2 atom stereocenters. The Bertz CT molecular complexity index is 222. The van der Waals surface area contributed by atoms with Gasteiger partial charge in [-0.2, -0.15) is 0 Å². The maximum absolute atomic E-state index is 10.5. The van der Waals surface area contributed by atoms with E-state index in [9.17, 15) is 9.59 Å². The van der Waals surface area contributed by atoms with Gasteiger partial charge in [0.25, 0.3) is 0 Å². The molecule has 4 N–H and O–H groups in total. The first-order chi connectivity index (χ1) is 7.45. The molecule has 0 aliphatic heterocycles. The number of rotatable bonds is 9. The average molecular weight is 462 g/mol. The molecular weight excluding hydrogens is 451 g/mol. The van der Waals surface area contributed by atoms with Crippen molar-refractivity contribution in [1.82, 2.24) is 0 Å². The van der Waals surface area contributed by atoms with E-state index >= 15 is 0 Å². The van der Waals surface area contributed by atoms with E-state index < -0.39 is 18.0 Å². The van der Waals surface area contributed by atoms with E-state index in [0.717, 1.165) is 0 Å². The molecule has 0 saturated heterocycles. The SMILES string of the molecule is CC(S[Se][Se][Se]SCC(N)C(=O)O)C(=O)O. The molecule has 0 heterocycles.